The Morgan fingerprint density at radius 2 is 1.86 bits per heavy atom. The molecule has 0 aliphatic rings. The van der Waals surface area contributed by atoms with E-state index in [2.05, 4.69) is 5.32 Å². The molecule has 3 N–H and O–H groups in total. The molecule has 1 atom stereocenters. The zero-order chi connectivity index (χ0) is 16.2. The largest absolute Gasteiger partial charge is 0.353 e. The number of carbonyl (C=O) groups is 1. The molecule has 0 saturated carbocycles. The minimum absolute atomic E-state index is 0.176. The molecule has 0 aromatic heterocycles. The summed E-state index contributed by atoms with van der Waals surface area (Å²) >= 11 is 0. The van der Waals surface area contributed by atoms with E-state index < -0.39 is 5.41 Å². The molecule has 1 amide bonds. The van der Waals surface area contributed by atoms with Gasteiger partial charge in [-0.05, 0) is 37.1 Å². The van der Waals surface area contributed by atoms with Crippen LogP contribution in [0, 0.1) is 5.82 Å². The molecule has 1 unspecified atom stereocenters. The molecule has 0 fully saturated rings. The minimum Gasteiger partial charge on any atom is -0.353 e. The number of amides is 1. The lowest BCUT2D eigenvalue weighted by molar-refractivity contribution is -0.125. The third-order valence-corrected chi connectivity index (χ3v) is 3.82. The molecule has 0 radical (unpaired) electrons. The number of nitrogens with one attached hydrogen (secondary N) is 1. The van der Waals surface area contributed by atoms with Crippen molar-refractivity contribution in [2.75, 3.05) is 6.54 Å². The van der Waals surface area contributed by atoms with Gasteiger partial charge in [0.2, 0.25) is 5.91 Å². The number of benzene rings is 2. The van der Waals surface area contributed by atoms with Gasteiger partial charge in [0.05, 0.1) is 5.41 Å². The van der Waals surface area contributed by atoms with Gasteiger partial charge in [0.25, 0.3) is 0 Å². The Kier molecular flexibility index (Phi) is 4.93. The lowest BCUT2D eigenvalue weighted by Gasteiger charge is -2.25. The quantitative estimate of drug-likeness (QED) is 0.892. The van der Waals surface area contributed by atoms with Crippen molar-refractivity contribution in [3.05, 3.63) is 71.5 Å². The smallest absolute Gasteiger partial charge is 0.230 e. The van der Waals surface area contributed by atoms with Crippen LogP contribution in [0.4, 0.5) is 4.39 Å². The van der Waals surface area contributed by atoms with E-state index in [0.717, 1.165) is 5.56 Å². The van der Waals surface area contributed by atoms with Crippen molar-refractivity contribution in [3.8, 4) is 0 Å². The van der Waals surface area contributed by atoms with Crippen molar-refractivity contribution in [3.63, 3.8) is 0 Å². The molecule has 2 aromatic carbocycles. The van der Waals surface area contributed by atoms with E-state index in [9.17, 15) is 9.18 Å². The highest BCUT2D eigenvalue weighted by molar-refractivity contribution is 5.87. The standard InChI is InChI=1S/C18H21FN2O/c1-18(2,14-9-6-10-15(19)11-14)17(22)21-12-16(20)13-7-4-3-5-8-13/h3-11,16H,12,20H2,1-2H3,(H,21,22). The van der Waals surface area contributed by atoms with Crippen molar-refractivity contribution in [1.82, 2.24) is 5.32 Å². The molecule has 0 spiro atoms. The van der Waals surface area contributed by atoms with Crippen LogP contribution in [0.3, 0.4) is 0 Å². The van der Waals surface area contributed by atoms with Gasteiger partial charge in [0.15, 0.2) is 0 Å². The summed E-state index contributed by atoms with van der Waals surface area (Å²) in [5, 5.41) is 2.85. The Balaban J connectivity index is 2.02. The second-order valence-electron chi connectivity index (χ2n) is 5.86. The lowest BCUT2D eigenvalue weighted by atomic mass is 9.83. The maximum Gasteiger partial charge on any atom is 0.230 e. The summed E-state index contributed by atoms with van der Waals surface area (Å²) in [4.78, 5) is 12.4. The fourth-order valence-corrected chi connectivity index (χ4v) is 2.25. The van der Waals surface area contributed by atoms with Gasteiger partial charge in [-0.25, -0.2) is 4.39 Å². The second kappa shape index (κ2) is 6.71. The van der Waals surface area contributed by atoms with E-state index in [1.54, 1.807) is 26.0 Å². The highest BCUT2D eigenvalue weighted by Crippen LogP contribution is 2.24. The van der Waals surface area contributed by atoms with Crippen molar-refractivity contribution in [2.24, 2.45) is 5.73 Å². The minimum atomic E-state index is -0.821. The molecule has 0 aliphatic heterocycles. The van der Waals surface area contributed by atoms with E-state index in [-0.39, 0.29) is 17.8 Å². The van der Waals surface area contributed by atoms with Crippen LogP contribution in [0.15, 0.2) is 54.6 Å². The van der Waals surface area contributed by atoms with Gasteiger partial charge < -0.3 is 11.1 Å². The monoisotopic (exact) mass is 300 g/mol. The van der Waals surface area contributed by atoms with Gasteiger partial charge in [-0.3, -0.25) is 4.79 Å². The molecule has 0 aliphatic carbocycles. The molecule has 0 bridgehead atoms. The summed E-state index contributed by atoms with van der Waals surface area (Å²) in [5.74, 6) is -0.524. The highest BCUT2D eigenvalue weighted by Gasteiger charge is 2.30. The van der Waals surface area contributed by atoms with Crippen molar-refractivity contribution in [1.29, 1.82) is 0 Å². The van der Waals surface area contributed by atoms with E-state index in [1.165, 1.54) is 12.1 Å². The van der Waals surface area contributed by atoms with Crippen LogP contribution in [0.1, 0.15) is 31.0 Å². The maximum atomic E-state index is 13.3. The van der Waals surface area contributed by atoms with Gasteiger partial charge in [-0.15, -0.1) is 0 Å². The average molecular weight is 300 g/mol. The van der Waals surface area contributed by atoms with Crippen LogP contribution in [0.25, 0.3) is 0 Å². The van der Waals surface area contributed by atoms with Gasteiger partial charge in [0.1, 0.15) is 5.82 Å². The number of halogens is 1. The Bertz CT molecular complexity index is 641. The summed E-state index contributed by atoms with van der Waals surface area (Å²) in [7, 11) is 0. The third-order valence-electron chi connectivity index (χ3n) is 3.82. The van der Waals surface area contributed by atoms with Gasteiger partial charge >= 0.3 is 0 Å². The molecular formula is C18H21FN2O. The van der Waals surface area contributed by atoms with Crippen LogP contribution in [-0.4, -0.2) is 12.5 Å². The number of nitrogens with two attached hydrogens (primary N) is 1. The number of hydrogen-bond acceptors (Lipinski definition) is 2. The first-order chi connectivity index (χ1) is 10.4. The van der Waals surface area contributed by atoms with Crippen LogP contribution in [0.2, 0.25) is 0 Å². The van der Waals surface area contributed by atoms with Gasteiger partial charge in [-0.1, -0.05) is 42.5 Å². The normalized spacial score (nSPS) is 12.7. The molecule has 22 heavy (non-hydrogen) atoms. The first-order valence-corrected chi connectivity index (χ1v) is 7.26. The van der Waals surface area contributed by atoms with E-state index >= 15 is 0 Å². The number of rotatable bonds is 5. The Hall–Kier alpha value is -2.20. The summed E-state index contributed by atoms with van der Waals surface area (Å²) in [6.07, 6.45) is 0. The molecule has 116 valence electrons. The SMILES string of the molecule is CC(C)(C(=O)NCC(N)c1ccccc1)c1cccc(F)c1. The first kappa shape index (κ1) is 16.2. The average Bonchev–Trinajstić information content (AvgIpc) is 2.53. The molecule has 2 rings (SSSR count). The summed E-state index contributed by atoms with van der Waals surface area (Å²) < 4.78 is 13.3. The lowest BCUT2D eigenvalue weighted by Crippen LogP contribution is -2.42. The molecule has 4 heteroatoms. The molecule has 0 heterocycles. The van der Waals surface area contributed by atoms with Crippen molar-refractivity contribution < 1.29 is 9.18 Å². The topological polar surface area (TPSA) is 55.1 Å². The first-order valence-electron chi connectivity index (χ1n) is 7.26. The predicted molar refractivity (Wildman–Crippen MR) is 85.8 cm³/mol. The fourth-order valence-electron chi connectivity index (χ4n) is 2.25. The van der Waals surface area contributed by atoms with Crippen molar-refractivity contribution in [2.45, 2.75) is 25.3 Å². The predicted octanol–water partition coefficient (Wildman–Crippen LogP) is 2.92. The van der Waals surface area contributed by atoms with E-state index in [4.69, 9.17) is 5.73 Å². The van der Waals surface area contributed by atoms with E-state index in [1.807, 2.05) is 30.3 Å². The third kappa shape index (κ3) is 3.71. The zero-order valence-electron chi connectivity index (χ0n) is 12.8. The molecule has 0 saturated heterocycles. The summed E-state index contributed by atoms with van der Waals surface area (Å²) in [6.45, 7) is 3.87. The molecular weight excluding hydrogens is 279 g/mol. The second-order valence-corrected chi connectivity index (χ2v) is 5.86. The molecule has 3 nitrogen and oxygen atoms in total. The Labute approximate surface area is 130 Å². The van der Waals surface area contributed by atoms with Gasteiger partial charge in [-0.2, -0.15) is 0 Å². The summed E-state index contributed by atoms with van der Waals surface area (Å²) in [5.41, 5.74) is 6.86. The molecule has 2 aromatic rings. The number of hydrogen-bond donors (Lipinski definition) is 2. The van der Waals surface area contributed by atoms with Gasteiger partial charge in [0, 0.05) is 12.6 Å². The maximum absolute atomic E-state index is 13.3. The van der Waals surface area contributed by atoms with Crippen molar-refractivity contribution >= 4 is 5.91 Å². The Morgan fingerprint density at radius 1 is 1.18 bits per heavy atom. The van der Waals surface area contributed by atoms with E-state index in [0.29, 0.717) is 12.1 Å². The fraction of sp³-hybridized carbons (Fsp3) is 0.278. The van der Waals surface area contributed by atoms with Crippen LogP contribution in [-0.2, 0) is 10.2 Å². The summed E-state index contributed by atoms with van der Waals surface area (Å²) in [6, 6.07) is 15.4. The van der Waals surface area contributed by atoms with Crippen LogP contribution in [0.5, 0.6) is 0 Å². The number of carbonyl (C=O) groups excluding carboxylic acids is 1. The highest BCUT2D eigenvalue weighted by atomic mass is 19.1. The van der Waals surface area contributed by atoms with Crippen LogP contribution < -0.4 is 11.1 Å². The zero-order valence-corrected chi connectivity index (χ0v) is 12.8. The Morgan fingerprint density at radius 3 is 2.50 bits per heavy atom. The van der Waals surface area contributed by atoms with Crippen LogP contribution >= 0.6 is 0 Å².